The van der Waals surface area contributed by atoms with Crippen LogP contribution in [0.1, 0.15) is 20.3 Å². The molecule has 0 spiro atoms. The van der Waals surface area contributed by atoms with Gasteiger partial charge in [-0.25, -0.2) is 8.42 Å². The Balaban J connectivity index is 2.33. The average Bonchev–Trinajstić information content (AvgIpc) is 2.53. The molecule has 2 amide bonds. The van der Waals surface area contributed by atoms with Gasteiger partial charge in [0, 0.05) is 6.04 Å². The summed E-state index contributed by atoms with van der Waals surface area (Å²) in [6.45, 7) is 3.46. The van der Waals surface area contributed by atoms with Crippen LogP contribution >= 0.6 is 0 Å². The minimum atomic E-state index is -3.86. The number of carbonyl (C=O) groups excluding carboxylic acids is 2. The molecule has 1 saturated heterocycles. The van der Waals surface area contributed by atoms with Gasteiger partial charge in [0.05, 0.1) is 18.4 Å². The number of amides is 2. The largest absolute Gasteiger partial charge is 0.497 e. The van der Waals surface area contributed by atoms with Gasteiger partial charge in [0.15, 0.2) is 16.0 Å². The number of hydrogen-bond acceptors (Lipinski definition) is 6. The van der Waals surface area contributed by atoms with E-state index in [-0.39, 0.29) is 17.4 Å². The third-order valence-corrected chi connectivity index (χ3v) is 5.84. The van der Waals surface area contributed by atoms with Gasteiger partial charge in [0.25, 0.3) is 5.91 Å². The fraction of sp³-hybridized carbons (Fsp3) is 0.467. The lowest BCUT2D eigenvalue weighted by molar-refractivity contribution is -0.146. The molecule has 0 aliphatic carbocycles. The van der Waals surface area contributed by atoms with Crippen molar-refractivity contribution in [2.24, 2.45) is 5.73 Å². The second-order valence-electron chi connectivity index (χ2n) is 5.78. The molecule has 1 heterocycles. The smallest absolute Gasteiger partial charge is 0.255 e. The summed E-state index contributed by atoms with van der Waals surface area (Å²) in [6.07, 6.45) is -1.43. The van der Waals surface area contributed by atoms with E-state index < -0.39 is 33.2 Å². The molecule has 9 heteroatoms. The number of nitrogens with two attached hydrogens (primary N) is 1. The lowest BCUT2D eigenvalue weighted by Gasteiger charge is -2.40. The highest BCUT2D eigenvalue weighted by Gasteiger charge is 2.43. The first-order chi connectivity index (χ1) is 11.2. The maximum Gasteiger partial charge on any atom is 0.255 e. The summed E-state index contributed by atoms with van der Waals surface area (Å²) in [6, 6.07) is 5.54. The number of methoxy groups -OCH3 is 1. The molecule has 0 aromatic heterocycles. The van der Waals surface area contributed by atoms with E-state index >= 15 is 0 Å². The van der Waals surface area contributed by atoms with Crippen LogP contribution in [0.5, 0.6) is 5.75 Å². The Morgan fingerprint density at radius 1 is 1.33 bits per heavy atom. The van der Waals surface area contributed by atoms with E-state index in [1.165, 1.54) is 36.3 Å². The minimum Gasteiger partial charge on any atom is -0.497 e. The van der Waals surface area contributed by atoms with Crippen LogP contribution in [-0.2, 0) is 19.4 Å². The second-order valence-corrected chi connectivity index (χ2v) is 7.91. The first-order valence-corrected chi connectivity index (χ1v) is 8.97. The number of ether oxygens (including phenoxy) is 1. The lowest BCUT2D eigenvalue weighted by atomic mass is 10.2. The van der Waals surface area contributed by atoms with Crippen LogP contribution in [0.3, 0.4) is 0 Å². The Labute approximate surface area is 140 Å². The van der Waals surface area contributed by atoms with Crippen molar-refractivity contribution in [3.05, 3.63) is 24.3 Å². The summed E-state index contributed by atoms with van der Waals surface area (Å²) in [7, 11) is -2.38. The highest BCUT2D eigenvalue weighted by molar-refractivity contribution is 7.92. The van der Waals surface area contributed by atoms with Crippen LogP contribution in [0.15, 0.2) is 29.2 Å². The van der Waals surface area contributed by atoms with Crippen LogP contribution in [0, 0.1) is 0 Å². The Morgan fingerprint density at radius 3 is 2.38 bits per heavy atom. The van der Waals surface area contributed by atoms with Crippen LogP contribution in [0.4, 0.5) is 0 Å². The predicted octanol–water partition coefficient (Wildman–Crippen LogP) is -0.163. The monoisotopic (exact) mass is 355 g/mol. The molecule has 3 N–H and O–H groups in total. The standard InChI is InChI=1S/C15H21N3O5S/c1-9(2)18-13(19)8-12(17-15(18)14(16)20)24(21,22)11-6-4-10(23-3)5-7-11/h4-7,9,12,15,17H,8H2,1-3H3,(H2,16,20)/t12?,15-/m1/s1. The molecule has 1 unspecified atom stereocenters. The third-order valence-electron chi connectivity index (χ3n) is 3.86. The molecule has 0 bridgehead atoms. The number of nitrogens with zero attached hydrogens (tertiary/aromatic N) is 1. The molecule has 8 nitrogen and oxygen atoms in total. The number of benzene rings is 1. The van der Waals surface area contributed by atoms with Gasteiger partial charge in [-0.15, -0.1) is 0 Å². The zero-order valence-corrected chi connectivity index (χ0v) is 14.5. The first-order valence-electron chi connectivity index (χ1n) is 7.43. The maximum absolute atomic E-state index is 12.8. The van der Waals surface area contributed by atoms with E-state index in [2.05, 4.69) is 5.32 Å². The van der Waals surface area contributed by atoms with Gasteiger partial charge in [-0.3, -0.25) is 14.9 Å². The first kappa shape index (κ1) is 18.2. The summed E-state index contributed by atoms with van der Waals surface area (Å²) in [5.41, 5.74) is 5.33. The minimum absolute atomic E-state index is 0.0369. The molecule has 2 atom stereocenters. The van der Waals surface area contributed by atoms with Gasteiger partial charge < -0.3 is 15.4 Å². The predicted molar refractivity (Wildman–Crippen MR) is 86.7 cm³/mol. The second kappa shape index (κ2) is 6.78. The number of nitrogens with one attached hydrogen (secondary N) is 1. The summed E-state index contributed by atoms with van der Waals surface area (Å²) in [5, 5.41) is 1.48. The summed E-state index contributed by atoms with van der Waals surface area (Å²) in [5.74, 6) is -0.719. The SMILES string of the molecule is COc1ccc(S(=O)(=O)C2CC(=O)N(C(C)C)[C@H](C(N)=O)N2)cc1. The quantitative estimate of drug-likeness (QED) is 0.757. The van der Waals surface area contributed by atoms with E-state index in [4.69, 9.17) is 10.5 Å². The molecule has 24 heavy (non-hydrogen) atoms. The molecular formula is C15H21N3O5S. The van der Waals surface area contributed by atoms with Crippen molar-refractivity contribution in [3.63, 3.8) is 0 Å². The van der Waals surface area contributed by atoms with Crippen molar-refractivity contribution in [2.45, 2.75) is 42.7 Å². The Morgan fingerprint density at radius 2 is 1.92 bits per heavy atom. The number of carbonyl (C=O) groups is 2. The molecule has 0 saturated carbocycles. The molecular weight excluding hydrogens is 334 g/mol. The molecule has 1 aliphatic heterocycles. The zero-order valence-electron chi connectivity index (χ0n) is 13.7. The average molecular weight is 355 g/mol. The van der Waals surface area contributed by atoms with Gasteiger partial charge in [-0.05, 0) is 38.1 Å². The molecule has 132 valence electrons. The van der Waals surface area contributed by atoms with Crippen molar-refractivity contribution < 1.29 is 22.7 Å². The number of primary amides is 1. The van der Waals surface area contributed by atoms with Gasteiger partial charge >= 0.3 is 0 Å². The molecule has 0 radical (unpaired) electrons. The van der Waals surface area contributed by atoms with Crippen molar-refractivity contribution in [2.75, 3.05) is 7.11 Å². The Bertz CT molecular complexity index is 730. The summed E-state index contributed by atoms with van der Waals surface area (Å²) in [4.78, 5) is 25.3. The van der Waals surface area contributed by atoms with Crippen molar-refractivity contribution in [1.29, 1.82) is 0 Å². The molecule has 2 rings (SSSR count). The van der Waals surface area contributed by atoms with E-state index in [1.807, 2.05) is 0 Å². The van der Waals surface area contributed by atoms with Gasteiger partial charge in [-0.1, -0.05) is 0 Å². The van der Waals surface area contributed by atoms with Crippen LogP contribution in [0.2, 0.25) is 0 Å². The fourth-order valence-electron chi connectivity index (χ4n) is 2.66. The number of sulfone groups is 1. The Kier molecular flexibility index (Phi) is 5.14. The molecule has 1 aromatic rings. The van der Waals surface area contributed by atoms with Gasteiger partial charge in [0.2, 0.25) is 5.91 Å². The van der Waals surface area contributed by atoms with E-state index in [0.29, 0.717) is 5.75 Å². The number of rotatable bonds is 5. The lowest BCUT2D eigenvalue weighted by Crippen LogP contribution is -2.66. The van der Waals surface area contributed by atoms with E-state index in [9.17, 15) is 18.0 Å². The van der Waals surface area contributed by atoms with Crippen molar-refractivity contribution in [1.82, 2.24) is 10.2 Å². The highest BCUT2D eigenvalue weighted by Crippen LogP contribution is 2.24. The summed E-state index contributed by atoms with van der Waals surface area (Å²) < 4.78 is 30.5. The Hall–Kier alpha value is -2.13. The van der Waals surface area contributed by atoms with Crippen molar-refractivity contribution >= 4 is 21.7 Å². The molecule has 1 aliphatic rings. The maximum atomic E-state index is 12.8. The van der Waals surface area contributed by atoms with Crippen LogP contribution < -0.4 is 15.8 Å². The van der Waals surface area contributed by atoms with Gasteiger partial charge in [0.1, 0.15) is 11.1 Å². The normalized spacial score (nSPS) is 21.8. The topological polar surface area (TPSA) is 119 Å². The van der Waals surface area contributed by atoms with Crippen molar-refractivity contribution in [3.8, 4) is 5.75 Å². The van der Waals surface area contributed by atoms with E-state index in [0.717, 1.165) is 0 Å². The zero-order chi connectivity index (χ0) is 18.1. The van der Waals surface area contributed by atoms with Crippen LogP contribution in [0.25, 0.3) is 0 Å². The summed E-state index contributed by atoms with van der Waals surface area (Å²) >= 11 is 0. The van der Waals surface area contributed by atoms with Crippen LogP contribution in [-0.4, -0.2) is 49.8 Å². The van der Waals surface area contributed by atoms with E-state index in [1.54, 1.807) is 13.8 Å². The number of hydrogen-bond donors (Lipinski definition) is 2. The molecule has 1 aromatic carbocycles. The third kappa shape index (κ3) is 3.36. The van der Waals surface area contributed by atoms with Gasteiger partial charge in [-0.2, -0.15) is 0 Å². The highest BCUT2D eigenvalue weighted by atomic mass is 32.2. The fourth-order valence-corrected chi connectivity index (χ4v) is 4.17. The molecule has 1 fully saturated rings.